The van der Waals surface area contributed by atoms with E-state index in [0.29, 0.717) is 5.13 Å². The maximum Gasteiger partial charge on any atom is 0.413 e. The highest BCUT2D eigenvalue weighted by Gasteiger charge is 2.16. The van der Waals surface area contributed by atoms with Gasteiger partial charge >= 0.3 is 6.09 Å². The largest absolute Gasteiger partial charge is 0.444 e. The number of amides is 1. The number of thiazole rings is 1. The Morgan fingerprint density at radius 2 is 1.95 bits per heavy atom. The van der Waals surface area contributed by atoms with Crippen LogP contribution in [0.1, 0.15) is 32.0 Å². The highest BCUT2D eigenvalue weighted by Crippen LogP contribution is 2.18. The van der Waals surface area contributed by atoms with Crippen LogP contribution in [0.2, 0.25) is 0 Å². The molecule has 110 valence electrons. The van der Waals surface area contributed by atoms with Gasteiger partial charge in [-0.05, 0) is 32.4 Å². The minimum Gasteiger partial charge on any atom is -0.444 e. The van der Waals surface area contributed by atoms with Crippen molar-refractivity contribution >= 4 is 34.7 Å². The molecule has 0 atom stereocenters. The molecule has 4 nitrogen and oxygen atoms in total. The number of anilines is 1. The molecular weight excluding hydrogens is 284 g/mol. The highest BCUT2D eigenvalue weighted by molar-refractivity contribution is 7.14. The van der Waals surface area contributed by atoms with Crippen molar-refractivity contribution in [2.75, 3.05) is 5.32 Å². The first kappa shape index (κ1) is 15.3. The third kappa shape index (κ3) is 5.39. The molecule has 1 heterocycles. The predicted molar refractivity (Wildman–Crippen MR) is 87.3 cm³/mol. The average Bonchev–Trinajstić information content (AvgIpc) is 2.83. The van der Waals surface area contributed by atoms with Crippen molar-refractivity contribution in [2.45, 2.75) is 26.4 Å². The minimum atomic E-state index is -0.516. The Morgan fingerprint density at radius 3 is 2.62 bits per heavy atom. The first-order valence-corrected chi connectivity index (χ1v) is 7.49. The molecule has 0 aliphatic carbocycles. The van der Waals surface area contributed by atoms with E-state index in [1.807, 2.05) is 68.6 Å². The van der Waals surface area contributed by atoms with Crippen LogP contribution in [0, 0.1) is 0 Å². The second kappa shape index (κ2) is 6.54. The van der Waals surface area contributed by atoms with Gasteiger partial charge in [0.2, 0.25) is 0 Å². The smallest absolute Gasteiger partial charge is 0.413 e. The molecule has 0 fully saturated rings. The molecule has 0 saturated heterocycles. The molecule has 2 aromatic rings. The Morgan fingerprint density at radius 1 is 1.24 bits per heavy atom. The number of hydrogen-bond donors (Lipinski definition) is 1. The Labute approximate surface area is 128 Å². The van der Waals surface area contributed by atoms with E-state index in [2.05, 4.69) is 10.3 Å². The van der Waals surface area contributed by atoms with E-state index in [9.17, 15) is 4.79 Å². The van der Waals surface area contributed by atoms with Gasteiger partial charge in [-0.2, -0.15) is 0 Å². The van der Waals surface area contributed by atoms with Crippen LogP contribution in [-0.4, -0.2) is 16.7 Å². The van der Waals surface area contributed by atoms with Gasteiger partial charge in [0.25, 0.3) is 0 Å². The second-order valence-electron chi connectivity index (χ2n) is 5.45. The second-order valence-corrected chi connectivity index (χ2v) is 6.31. The van der Waals surface area contributed by atoms with Crippen LogP contribution in [0.4, 0.5) is 9.93 Å². The lowest BCUT2D eigenvalue weighted by atomic mass is 10.2. The molecule has 5 heteroatoms. The van der Waals surface area contributed by atoms with Crippen LogP contribution in [0.25, 0.3) is 12.2 Å². The number of nitrogens with zero attached hydrogens (tertiary/aromatic N) is 1. The van der Waals surface area contributed by atoms with Crippen molar-refractivity contribution < 1.29 is 9.53 Å². The standard InChI is InChI=1S/C16H18N2O2S/c1-16(2,3)20-15(19)18-14-17-13(11-21-14)10-9-12-7-5-4-6-8-12/h4-11H,1-3H3,(H,17,18,19)/b10-9-. The predicted octanol–water partition coefficient (Wildman–Crippen LogP) is 4.66. The number of carbonyl (C=O) groups excluding carboxylic acids is 1. The molecule has 21 heavy (non-hydrogen) atoms. The molecule has 0 bridgehead atoms. The van der Waals surface area contributed by atoms with Crippen molar-refractivity contribution in [3.8, 4) is 0 Å². The fourth-order valence-electron chi connectivity index (χ4n) is 1.56. The monoisotopic (exact) mass is 302 g/mol. The van der Waals surface area contributed by atoms with Crippen LogP contribution in [0.3, 0.4) is 0 Å². The van der Waals surface area contributed by atoms with Crippen LogP contribution in [-0.2, 0) is 4.74 Å². The molecule has 0 radical (unpaired) electrons. The van der Waals surface area contributed by atoms with Crippen LogP contribution >= 0.6 is 11.3 Å². The van der Waals surface area contributed by atoms with Gasteiger partial charge in [0, 0.05) is 5.38 Å². The lowest BCUT2D eigenvalue weighted by molar-refractivity contribution is 0.0636. The van der Waals surface area contributed by atoms with Crippen LogP contribution in [0.5, 0.6) is 0 Å². The third-order valence-corrected chi connectivity index (χ3v) is 3.15. The summed E-state index contributed by atoms with van der Waals surface area (Å²) < 4.78 is 5.18. The summed E-state index contributed by atoms with van der Waals surface area (Å²) in [4.78, 5) is 15.9. The summed E-state index contributed by atoms with van der Waals surface area (Å²) in [5.74, 6) is 0. The molecule has 0 aliphatic heterocycles. The fraction of sp³-hybridized carbons (Fsp3) is 0.250. The number of carbonyl (C=O) groups is 1. The van der Waals surface area contributed by atoms with E-state index in [4.69, 9.17) is 4.74 Å². The van der Waals surface area contributed by atoms with E-state index in [1.165, 1.54) is 11.3 Å². The summed E-state index contributed by atoms with van der Waals surface area (Å²) in [7, 11) is 0. The number of nitrogens with one attached hydrogen (secondary N) is 1. The first-order chi connectivity index (χ1) is 9.92. The van der Waals surface area contributed by atoms with E-state index >= 15 is 0 Å². The van der Waals surface area contributed by atoms with Gasteiger partial charge in [-0.1, -0.05) is 36.4 Å². The van der Waals surface area contributed by atoms with Gasteiger partial charge in [0.05, 0.1) is 5.69 Å². The zero-order valence-corrected chi connectivity index (χ0v) is 13.1. The van der Waals surface area contributed by atoms with Crippen molar-refractivity contribution in [3.63, 3.8) is 0 Å². The normalized spacial score (nSPS) is 11.6. The molecule has 2 rings (SSSR count). The summed E-state index contributed by atoms with van der Waals surface area (Å²) in [6.45, 7) is 5.47. The number of hydrogen-bond acceptors (Lipinski definition) is 4. The lowest BCUT2D eigenvalue weighted by Crippen LogP contribution is -2.27. The van der Waals surface area contributed by atoms with E-state index < -0.39 is 11.7 Å². The van der Waals surface area contributed by atoms with Gasteiger partial charge in [-0.25, -0.2) is 9.78 Å². The molecule has 0 spiro atoms. The highest BCUT2D eigenvalue weighted by atomic mass is 32.1. The van der Waals surface area contributed by atoms with E-state index in [1.54, 1.807) is 0 Å². The molecule has 1 N–H and O–H groups in total. The summed E-state index contributed by atoms with van der Waals surface area (Å²) in [5, 5.41) is 5.04. The Bertz CT molecular complexity index is 627. The molecule has 1 aromatic heterocycles. The molecule has 0 unspecified atom stereocenters. The lowest BCUT2D eigenvalue weighted by Gasteiger charge is -2.18. The van der Waals surface area contributed by atoms with Gasteiger partial charge < -0.3 is 4.74 Å². The van der Waals surface area contributed by atoms with Crippen molar-refractivity contribution in [1.82, 2.24) is 4.98 Å². The molecular formula is C16H18N2O2S. The first-order valence-electron chi connectivity index (χ1n) is 6.61. The summed E-state index contributed by atoms with van der Waals surface area (Å²) in [6, 6.07) is 9.97. The number of ether oxygens (including phenoxy) is 1. The summed E-state index contributed by atoms with van der Waals surface area (Å²) in [6.07, 6.45) is 3.40. The average molecular weight is 302 g/mol. The maximum absolute atomic E-state index is 11.6. The molecule has 1 amide bonds. The van der Waals surface area contributed by atoms with Gasteiger partial charge in [-0.3, -0.25) is 5.32 Å². The molecule has 1 aromatic carbocycles. The quantitative estimate of drug-likeness (QED) is 0.897. The fourth-order valence-corrected chi connectivity index (χ4v) is 2.22. The van der Waals surface area contributed by atoms with E-state index in [0.717, 1.165) is 11.3 Å². The van der Waals surface area contributed by atoms with Crippen molar-refractivity contribution in [2.24, 2.45) is 0 Å². The minimum absolute atomic E-state index is 0.490. The van der Waals surface area contributed by atoms with Gasteiger partial charge in [0.15, 0.2) is 5.13 Å². The molecule has 0 aliphatic rings. The topological polar surface area (TPSA) is 51.2 Å². The van der Waals surface area contributed by atoms with Gasteiger partial charge in [-0.15, -0.1) is 11.3 Å². The van der Waals surface area contributed by atoms with E-state index in [-0.39, 0.29) is 0 Å². The Kier molecular flexibility index (Phi) is 4.75. The number of benzene rings is 1. The van der Waals surface area contributed by atoms with Crippen LogP contribution in [0.15, 0.2) is 35.7 Å². The Balaban J connectivity index is 1.96. The van der Waals surface area contributed by atoms with Gasteiger partial charge in [0.1, 0.15) is 5.60 Å². The Hall–Kier alpha value is -2.14. The maximum atomic E-state index is 11.6. The zero-order valence-electron chi connectivity index (χ0n) is 12.3. The van der Waals surface area contributed by atoms with Crippen LogP contribution < -0.4 is 5.32 Å². The summed E-state index contributed by atoms with van der Waals surface area (Å²) in [5.41, 5.74) is 1.39. The third-order valence-electron chi connectivity index (χ3n) is 2.38. The van der Waals surface area contributed by atoms with Crippen molar-refractivity contribution in [3.05, 3.63) is 47.0 Å². The van der Waals surface area contributed by atoms with Crippen molar-refractivity contribution in [1.29, 1.82) is 0 Å². The molecule has 0 saturated carbocycles. The number of rotatable bonds is 3. The summed E-state index contributed by atoms with van der Waals surface area (Å²) >= 11 is 1.36. The zero-order chi connectivity index (χ0) is 15.3. The number of aromatic nitrogens is 1. The SMILES string of the molecule is CC(C)(C)OC(=O)Nc1nc(/C=C\c2ccccc2)cs1.